The molecule has 2 unspecified atom stereocenters. The molecule has 0 aliphatic heterocycles. The molecule has 0 spiro atoms. The molecule has 6 heteroatoms. The number of hydrogen-bond acceptors (Lipinski definition) is 5. The van der Waals surface area contributed by atoms with Gasteiger partial charge in [-0.2, -0.15) is 0 Å². The van der Waals surface area contributed by atoms with E-state index in [1.165, 1.54) is 13.3 Å². The predicted molar refractivity (Wildman–Crippen MR) is 67.6 cm³/mol. The van der Waals surface area contributed by atoms with Gasteiger partial charge in [-0.05, 0) is 19.1 Å². The van der Waals surface area contributed by atoms with Crippen molar-refractivity contribution in [1.29, 1.82) is 0 Å². The van der Waals surface area contributed by atoms with Crippen LogP contribution in [0.1, 0.15) is 17.4 Å². The molecular weight excluding hydrogens is 240 g/mol. The number of aromatic nitrogens is 1. The second-order valence-electron chi connectivity index (χ2n) is 3.71. The van der Waals surface area contributed by atoms with Gasteiger partial charge in [-0.1, -0.05) is 0 Å². The highest BCUT2D eigenvalue weighted by Gasteiger charge is 2.09. The summed E-state index contributed by atoms with van der Waals surface area (Å²) in [5, 5.41) is 3.15. The SMILES string of the molecule is COC(=O)c1cc(NC(C)CS(C)=O)ccn1. The zero-order valence-corrected chi connectivity index (χ0v) is 10.9. The minimum atomic E-state index is -0.855. The molecule has 0 amide bonds. The molecule has 0 aliphatic carbocycles. The molecule has 1 heterocycles. The van der Waals surface area contributed by atoms with Gasteiger partial charge >= 0.3 is 5.97 Å². The Labute approximate surface area is 103 Å². The minimum Gasteiger partial charge on any atom is -0.464 e. The van der Waals surface area contributed by atoms with E-state index in [-0.39, 0.29) is 11.7 Å². The van der Waals surface area contributed by atoms with Gasteiger partial charge in [0.25, 0.3) is 0 Å². The van der Waals surface area contributed by atoms with Crippen molar-refractivity contribution in [2.45, 2.75) is 13.0 Å². The lowest BCUT2D eigenvalue weighted by Gasteiger charge is -2.13. The van der Waals surface area contributed by atoms with Crippen molar-refractivity contribution in [1.82, 2.24) is 4.98 Å². The first-order chi connectivity index (χ1) is 8.02. The van der Waals surface area contributed by atoms with Crippen LogP contribution in [0.2, 0.25) is 0 Å². The van der Waals surface area contributed by atoms with Crippen molar-refractivity contribution in [3.63, 3.8) is 0 Å². The quantitative estimate of drug-likeness (QED) is 0.797. The molecule has 1 aromatic rings. The third kappa shape index (κ3) is 4.52. The van der Waals surface area contributed by atoms with Crippen molar-refractivity contribution in [2.75, 3.05) is 24.4 Å². The Bertz CT molecular complexity index is 423. The zero-order chi connectivity index (χ0) is 12.8. The van der Waals surface area contributed by atoms with Crippen LogP contribution in [-0.4, -0.2) is 40.3 Å². The Morgan fingerprint density at radius 3 is 2.94 bits per heavy atom. The highest BCUT2D eigenvalue weighted by molar-refractivity contribution is 7.84. The molecule has 1 N–H and O–H groups in total. The van der Waals surface area contributed by atoms with E-state index < -0.39 is 16.8 Å². The molecule has 0 aliphatic rings. The third-order valence-electron chi connectivity index (χ3n) is 2.05. The zero-order valence-electron chi connectivity index (χ0n) is 10.1. The molecule has 0 bridgehead atoms. The van der Waals surface area contributed by atoms with Gasteiger partial charge in [-0.15, -0.1) is 0 Å². The normalized spacial score (nSPS) is 13.8. The topological polar surface area (TPSA) is 68.3 Å². The van der Waals surface area contributed by atoms with Gasteiger partial charge in [0.05, 0.1) is 7.11 Å². The standard InChI is InChI=1S/C11H16N2O3S/c1-8(7-17(3)15)13-9-4-5-12-10(6-9)11(14)16-2/h4-6,8H,7H2,1-3H3,(H,12,13). The summed E-state index contributed by atoms with van der Waals surface area (Å²) in [5.41, 5.74) is 1.01. The van der Waals surface area contributed by atoms with Gasteiger partial charge < -0.3 is 10.1 Å². The van der Waals surface area contributed by atoms with Gasteiger partial charge in [0.1, 0.15) is 5.69 Å². The summed E-state index contributed by atoms with van der Waals surface area (Å²) in [6, 6.07) is 3.43. The first kappa shape index (κ1) is 13.6. The van der Waals surface area contributed by atoms with Gasteiger partial charge in [-0.3, -0.25) is 4.21 Å². The molecule has 2 atom stereocenters. The number of carbonyl (C=O) groups excluding carboxylic acids is 1. The average molecular weight is 256 g/mol. The molecule has 0 fully saturated rings. The molecule has 0 saturated heterocycles. The van der Waals surface area contributed by atoms with Gasteiger partial charge in [0.2, 0.25) is 0 Å². The number of anilines is 1. The number of methoxy groups -OCH3 is 1. The number of nitrogens with zero attached hydrogens (tertiary/aromatic N) is 1. The highest BCUT2D eigenvalue weighted by Crippen LogP contribution is 2.10. The molecule has 0 saturated carbocycles. The van der Waals surface area contributed by atoms with E-state index in [4.69, 9.17) is 0 Å². The second kappa shape index (κ2) is 6.34. The highest BCUT2D eigenvalue weighted by atomic mass is 32.2. The molecule has 1 rings (SSSR count). The van der Waals surface area contributed by atoms with E-state index in [1.54, 1.807) is 18.4 Å². The molecule has 5 nitrogen and oxygen atoms in total. The van der Waals surface area contributed by atoms with E-state index >= 15 is 0 Å². The van der Waals surface area contributed by atoms with Gasteiger partial charge in [-0.25, -0.2) is 9.78 Å². The Morgan fingerprint density at radius 2 is 2.35 bits per heavy atom. The monoisotopic (exact) mass is 256 g/mol. The molecular formula is C11H16N2O3S. The fourth-order valence-electron chi connectivity index (χ4n) is 1.41. The van der Waals surface area contributed by atoms with Crippen LogP contribution >= 0.6 is 0 Å². The van der Waals surface area contributed by atoms with Crippen LogP contribution in [0, 0.1) is 0 Å². The third-order valence-corrected chi connectivity index (χ3v) is 3.02. The van der Waals surface area contributed by atoms with Crippen LogP contribution in [0.5, 0.6) is 0 Å². The van der Waals surface area contributed by atoms with Crippen molar-refractivity contribution < 1.29 is 13.7 Å². The van der Waals surface area contributed by atoms with E-state index in [0.29, 0.717) is 5.75 Å². The lowest BCUT2D eigenvalue weighted by molar-refractivity contribution is 0.0594. The molecule has 94 valence electrons. The summed E-state index contributed by atoms with van der Waals surface area (Å²) in [7, 11) is 0.458. The van der Waals surface area contributed by atoms with E-state index in [2.05, 4.69) is 15.0 Å². The summed E-state index contributed by atoms with van der Waals surface area (Å²) in [5.74, 6) is 0.0796. The first-order valence-electron chi connectivity index (χ1n) is 5.14. The fourth-order valence-corrected chi connectivity index (χ4v) is 2.20. The lowest BCUT2D eigenvalue weighted by atomic mass is 10.3. The van der Waals surface area contributed by atoms with E-state index in [1.807, 2.05) is 6.92 Å². The number of ether oxygens (including phenoxy) is 1. The number of nitrogens with one attached hydrogen (secondary N) is 1. The van der Waals surface area contributed by atoms with Gasteiger partial charge in [0.15, 0.2) is 0 Å². The largest absolute Gasteiger partial charge is 0.464 e. The number of pyridine rings is 1. The fraction of sp³-hybridized carbons (Fsp3) is 0.455. The first-order valence-corrected chi connectivity index (χ1v) is 6.86. The second-order valence-corrected chi connectivity index (χ2v) is 5.19. The molecule has 0 aromatic carbocycles. The van der Waals surface area contributed by atoms with Crippen molar-refractivity contribution >= 4 is 22.5 Å². The van der Waals surface area contributed by atoms with Crippen LogP contribution in [0.25, 0.3) is 0 Å². The summed E-state index contributed by atoms with van der Waals surface area (Å²) in [6.45, 7) is 1.93. The van der Waals surface area contributed by atoms with E-state index in [0.717, 1.165) is 5.69 Å². The van der Waals surface area contributed by atoms with Crippen LogP contribution in [-0.2, 0) is 15.5 Å². The summed E-state index contributed by atoms with van der Waals surface area (Å²) >= 11 is 0. The molecule has 17 heavy (non-hydrogen) atoms. The lowest BCUT2D eigenvalue weighted by Crippen LogP contribution is -2.22. The Kier molecular flexibility index (Phi) is 5.09. The van der Waals surface area contributed by atoms with Crippen LogP contribution < -0.4 is 5.32 Å². The van der Waals surface area contributed by atoms with Crippen LogP contribution in [0.15, 0.2) is 18.3 Å². The molecule has 0 radical (unpaired) electrons. The average Bonchev–Trinajstić information content (AvgIpc) is 2.27. The summed E-state index contributed by atoms with van der Waals surface area (Å²) in [4.78, 5) is 15.2. The minimum absolute atomic E-state index is 0.0636. The van der Waals surface area contributed by atoms with Crippen LogP contribution in [0.3, 0.4) is 0 Å². The van der Waals surface area contributed by atoms with Crippen molar-refractivity contribution in [2.24, 2.45) is 0 Å². The number of esters is 1. The Balaban J connectivity index is 2.72. The number of carbonyl (C=O) groups is 1. The van der Waals surface area contributed by atoms with Crippen molar-refractivity contribution in [3.8, 4) is 0 Å². The smallest absolute Gasteiger partial charge is 0.356 e. The summed E-state index contributed by atoms with van der Waals surface area (Å²) in [6.07, 6.45) is 3.19. The van der Waals surface area contributed by atoms with E-state index in [9.17, 15) is 9.00 Å². The Hall–Kier alpha value is -1.43. The predicted octanol–water partition coefficient (Wildman–Crippen LogP) is 1.05. The van der Waals surface area contributed by atoms with Crippen molar-refractivity contribution in [3.05, 3.63) is 24.0 Å². The maximum Gasteiger partial charge on any atom is 0.356 e. The van der Waals surface area contributed by atoms with Gasteiger partial charge in [0, 0.05) is 40.7 Å². The maximum atomic E-state index is 11.3. The maximum absolute atomic E-state index is 11.3. The summed E-state index contributed by atoms with van der Waals surface area (Å²) < 4.78 is 15.6. The van der Waals surface area contributed by atoms with Crippen LogP contribution in [0.4, 0.5) is 5.69 Å². The number of rotatable bonds is 5. The molecule has 1 aromatic heterocycles. The Morgan fingerprint density at radius 1 is 1.65 bits per heavy atom. The number of hydrogen-bond donors (Lipinski definition) is 1.